The van der Waals surface area contributed by atoms with E-state index in [9.17, 15) is 26.3 Å². The summed E-state index contributed by atoms with van der Waals surface area (Å²) in [6.07, 6.45) is -10.1. The molecule has 0 aliphatic heterocycles. The standard InChI is InChI=1S/C9H5ClF6O/c10-5-3-4(1-2-6(5)17)8(13,7(11)12)9(14,15)16/h1-3,7,17H. The highest BCUT2D eigenvalue weighted by Crippen LogP contribution is 2.47. The molecule has 8 heteroatoms. The van der Waals surface area contributed by atoms with Gasteiger partial charge in [0.05, 0.1) is 5.02 Å². The molecule has 1 N–H and O–H groups in total. The van der Waals surface area contributed by atoms with E-state index >= 15 is 0 Å². The van der Waals surface area contributed by atoms with E-state index in [1.807, 2.05) is 0 Å². The summed E-state index contributed by atoms with van der Waals surface area (Å²) in [5.74, 6) is -0.630. The van der Waals surface area contributed by atoms with E-state index < -0.39 is 34.6 Å². The molecule has 1 aromatic carbocycles. The number of benzene rings is 1. The molecular formula is C9H5ClF6O. The van der Waals surface area contributed by atoms with Crippen molar-refractivity contribution >= 4 is 11.6 Å². The smallest absolute Gasteiger partial charge is 0.432 e. The number of halogens is 7. The average Bonchev–Trinajstić information content (AvgIpc) is 2.19. The molecule has 0 amide bonds. The van der Waals surface area contributed by atoms with Gasteiger partial charge in [-0.25, -0.2) is 13.2 Å². The molecule has 0 fully saturated rings. The van der Waals surface area contributed by atoms with Crippen molar-refractivity contribution in [3.8, 4) is 5.75 Å². The molecule has 0 saturated heterocycles. The van der Waals surface area contributed by atoms with Crippen LogP contribution in [0.15, 0.2) is 18.2 Å². The lowest BCUT2D eigenvalue weighted by Crippen LogP contribution is -2.44. The van der Waals surface area contributed by atoms with Gasteiger partial charge in [0, 0.05) is 5.56 Å². The zero-order valence-electron chi connectivity index (χ0n) is 7.90. The highest BCUT2D eigenvalue weighted by Gasteiger charge is 2.64. The molecule has 0 bridgehead atoms. The first-order valence-electron chi connectivity index (χ1n) is 4.13. The van der Waals surface area contributed by atoms with Gasteiger partial charge < -0.3 is 5.11 Å². The fraction of sp³-hybridized carbons (Fsp3) is 0.333. The van der Waals surface area contributed by atoms with E-state index in [0.717, 1.165) is 0 Å². The molecule has 0 spiro atoms. The van der Waals surface area contributed by atoms with Crippen LogP contribution in [0.4, 0.5) is 26.3 Å². The van der Waals surface area contributed by atoms with E-state index in [4.69, 9.17) is 16.7 Å². The van der Waals surface area contributed by atoms with Gasteiger partial charge in [-0.1, -0.05) is 17.7 Å². The molecule has 1 unspecified atom stereocenters. The maximum atomic E-state index is 13.5. The normalized spacial score (nSPS) is 16.0. The molecule has 0 saturated carbocycles. The molecule has 0 aromatic heterocycles. The van der Waals surface area contributed by atoms with Crippen LogP contribution >= 0.6 is 11.6 Å². The summed E-state index contributed by atoms with van der Waals surface area (Å²) < 4.78 is 75.0. The fourth-order valence-electron chi connectivity index (χ4n) is 1.15. The van der Waals surface area contributed by atoms with Crippen molar-refractivity contribution in [1.82, 2.24) is 0 Å². The number of hydrogen-bond acceptors (Lipinski definition) is 1. The van der Waals surface area contributed by atoms with Crippen LogP contribution in [0, 0.1) is 0 Å². The molecule has 1 nitrogen and oxygen atoms in total. The Balaban J connectivity index is 3.39. The van der Waals surface area contributed by atoms with E-state index in [-0.39, 0.29) is 0 Å². The Morgan fingerprint density at radius 2 is 1.65 bits per heavy atom. The van der Waals surface area contributed by atoms with Gasteiger partial charge >= 0.3 is 6.18 Å². The quantitative estimate of drug-likeness (QED) is 0.810. The average molecular weight is 279 g/mol. The SMILES string of the molecule is Oc1ccc(C(F)(C(F)F)C(F)(F)F)cc1Cl. The molecule has 17 heavy (non-hydrogen) atoms. The Morgan fingerprint density at radius 1 is 1.12 bits per heavy atom. The Morgan fingerprint density at radius 3 is 2.00 bits per heavy atom. The lowest BCUT2D eigenvalue weighted by Gasteiger charge is -2.27. The van der Waals surface area contributed by atoms with Crippen LogP contribution in [0.2, 0.25) is 5.02 Å². The predicted octanol–water partition coefficient (Wildman–Crippen LogP) is 4.04. The zero-order chi connectivity index (χ0) is 13.4. The monoisotopic (exact) mass is 278 g/mol. The number of rotatable bonds is 2. The third-order valence-electron chi connectivity index (χ3n) is 2.08. The number of phenols is 1. The summed E-state index contributed by atoms with van der Waals surface area (Å²) in [7, 11) is 0. The van der Waals surface area contributed by atoms with Crippen LogP contribution < -0.4 is 0 Å². The Hall–Kier alpha value is -1.11. The Bertz CT molecular complexity index is 418. The van der Waals surface area contributed by atoms with Crippen molar-refractivity contribution < 1.29 is 31.4 Å². The molecule has 0 aliphatic rings. The Kier molecular flexibility index (Phi) is 3.52. The van der Waals surface area contributed by atoms with Gasteiger partial charge in [-0.15, -0.1) is 0 Å². The van der Waals surface area contributed by atoms with Crippen molar-refractivity contribution in [3.63, 3.8) is 0 Å². The molecule has 1 aromatic rings. The number of phenolic OH excluding ortho intramolecular Hbond substituents is 1. The third kappa shape index (κ3) is 2.29. The lowest BCUT2D eigenvalue weighted by atomic mass is 9.95. The van der Waals surface area contributed by atoms with Crippen molar-refractivity contribution in [2.24, 2.45) is 0 Å². The van der Waals surface area contributed by atoms with Crippen LogP contribution in [-0.4, -0.2) is 17.7 Å². The van der Waals surface area contributed by atoms with Crippen LogP contribution in [-0.2, 0) is 5.67 Å². The van der Waals surface area contributed by atoms with Gasteiger partial charge in [-0.3, -0.25) is 0 Å². The minimum absolute atomic E-state index is 0.316. The highest BCUT2D eigenvalue weighted by molar-refractivity contribution is 6.32. The minimum atomic E-state index is -5.79. The summed E-state index contributed by atoms with van der Waals surface area (Å²) in [5.41, 5.74) is -6.17. The minimum Gasteiger partial charge on any atom is -0.506 e. The van der Waals surface area contributed by atoms with Crippen LogP contribution in [0.25, 0.3) is 0 Å². The Labute approximate surface area is 96.6 Å². The van der Waals surface area contributed by atoms with Gasteiger partial charge in [0.25, 0.3) is 12.1 Å². The number of aromatic hydroxyl groups is 1. The van der Waals surface area contributed by atoms with E-state index in [1.165, 1.54) is 0 Å². The van der Waals surface area contributed by atoms with Crippen LogP contribution in [0.1, 0.15) is 5.56 Å². The summed E-state index contributed by atoms with van der Waals surface area (Å²) >= 11 is 5.25. The predicted molar refractivity (Wildman–Crippen MR) is 48.0 cm³/mol. The summed E-state index contributed by atoms with van der Waals surface area (Å²) in [6, 6.07) is 1.33. The van der Waals surface area contributed by atoms with Crippen molar-refractivity contribution in [2.45, 2.75) is 18.3 Å². The maximum Gasteiger partial charge on any atom is 0.432 e. The maximum absolute atomic E-state index is 13.5. The number of hydrogen-bond donors (Lipinski definition) is 1. The molecule has 1 atom stereocenters. The summed E-state index contributed by atoms with van der Waals surface area (Å²) in [6.45, 7) is 0. The number of alkyl halides is 6. The van der Waals surface area contributed by atoms with Gasteiger partial charge in [-0.2, -0.15) is 13.2 Å². The first-order valence-corrected chi connectivity index (χ1v) is 4.51. The van der Waals surface area contributed by atoms with Crippen molar-refractivity contribution in [2.75, 3.05) is 0 Å². The second kappa shape index (κ2) is 4.29. The van der Waals surface area contributed by atoms with Gasteiger partial charge in [0.2, 0.25) is 0 Å². The molecular weight excluding hydrogens is 274 g/mol. The van der Waals surface area contributed by atoms with Crippen molar-refractivity contribution in [3.05, 3.63) is 28.8 Å². The van der Waals surface area contributed by atoms with E-state index in [2.05, 4.69) is 0 Å². The molecule has 96 valence electrons. The first-order chi connectivity index (χ1) is 7.60. The molecule has 0 heterocycles. The molecule has 1 rings (SSSR count). The van der Waals surface area contributed by atoms with Gasteiger partial charge in [-0.05, 0) is 12.1 Å². The molecule has 0 aliphatic carbocycles. The van der Waals surface area contributed by atoms with Crippen molar-refractivity contribution in [1.29, 1.82) is 0 Å². The second-order valence-electron chi connectivity index (χ2n) is 3.18. The third-order valence-corrected chi connectivity index (χ3v) is 2.38. The fourth-order valence-corrected chi connectivity index (χ4v) is 1.33. The van der Waals surface area contributed by atoms with E-state index in [1.54, 1.807) is 0 Å². The summed E-state index contributed by atoms with van der Waals surface area (Å²) in [5, 5.41) is 8.28. The van der Waals surface area contributed by atoms with Gasteiger partial charge in [0.1, 0.15) is 5.75 Å². The van der Waals surface area contributed by atoms with E-state index in [0.29, 0.717) is 18.2 Å². The first kappa shape index (κ1) is 14.0. The highest BCUT2D eigenvalue weighted by atomic mass is 35.5. The molecule has 0 radical (unpaired) electrons. The largest absolute Gasteiger partial charge is 0.506 e. The zero-order valence-corrected chi connectivity index (χ0v) is 8.66. The van der Waals surface area contributed by atoms with Crippen LogP contribution in [0.3, 0.4) is 0 Å². The topological polar surface area (TPSA) is 20.2 Å². The second-order valence-corrected chi connectivity index (χ2v) is 3.58. The lowest BCUT2D eigenvalue weighted by molar-refractivity contribution is -0.274. The van der Waals surface area contributed by atoms with Crippen LogP contribution in [0.5, 0.6) is 5.75 Å². The summed E-state index contributed by atoms with van der Waals surface area (Å²) in [4.78, 5) is 0. The van der Waals surface area contributed by atoms with Gasteiger partial charge in [0.15, 0.2) is 0 Å².